The number of halogens is 2. The zero-order valence-corrected chi connectivity index (χ0v) is 15.4. The van der Waals surface area contributed by atoms with E-state index >= 15 is 0 Å². The van der Waals surface area contributed by atoms with Crippen LogP contribution in [0.1, 0.15) is 23.7 Å². The minimum Gasteiger partial charge on any atom is -0.324 e. The fourth-order valence-electron chi connectivity index (χ4n) is 2.04. The molecule has 0 radical (unpaired) electrons. The molecule has 0 heterocycles. The smallest absolute Gasteiger partial charge is 0.250 e. The average Bonchev–Trinajstić information content (AvgIpc) is 2.58. The van der Waals surface area contributed by atoms with Gasteiger partial charge >= 0.3 is 0 Å². The van der Waals surface area contributed by atoms with E-state index in [1.807, 2.05) is 0 Å². The largest absolute Gasteiger partial charge is 0.324 e. The first-order chi connectivity index (χ1) is 12.3. The van der Waals surface area contributed by atoms with Crippen LogP contribution in [0.15, 0.2) is 54.6 Å². The van der Waals surface area contributed by atoms with Gasteiger partial charge in [-0.25, -0.2) is 0 Å². The van der Waals surface area contributed by atoms with Crippen molar-refractivity contribution in [2.75, 3.05) is 10.6 Å². The highest BCUT2D eigenvalue weighted by atomic mass is 35.5. The Balaban J connectivity index is 2.05. The third-order valence-electron chi connectivity index (χ3n) is 3.35. The van der Waals surface area contributed by atoms with Gasteiger partial charge in [-0.05, 0) is 37.3 Å². The van der Waals surface area contributed by atoms with E-state index in [2.05, 4.69) is 17.2 Å². The zero-order valence-electron chi connectivity index (χ0n) is 13.9. The molecule has 2 rings (SSSR count). The highest BCUT2D eigenvalue weighted by Crippen LogP contribution is 2.25. The molecule has 2 amide bonds. The van der Waals surface area contributed by atoms with Crippen LogP contribution in [0, 0.1) is 0 Å². The molecule has 0 atom stereocenters. The van der Waals surface area contributed by atoms with Crippen molar-refractivity contribution in [1.82, 2.24) is 0 Å². The summed E-state index contributed by atoms with van der Waals surface area (Å²) in [4.78, 5) is 36.1. The van der Waals surface area contributed by atoms with E-state index in [0.29, 0.717) is 32.6 Å². The predicted molar refractivity (Wildman–Crippen MR) is 104 cm³/mol. The quantitative estimate of drug-likeness (QED) is 0.425. The van der Waals surface area contributed by atoms with E-state index in [1.54, 1.807) is 37.3 Å². The summed E-state index contributed by atoms with van der Waals surface area (Å²) < 4.78 is 0. The third kappa shape index (κ3) is 5.44. The summed E-state index contributed by atoms with van der Waals surface area (Å²) >= 11 is 11.8. The molecule has 5 nitrogen and oxygen atoms in total. The van der Waals surface area contributed by atoms with E-state index in [1.165, 1.54) is 12.1 Å². The van der Waals surface area contributed by atoms with Crippen molar-refractivity contribution in [2.24, 2.45) is 0 Å². The molecule has 7 heteroatoms. The van der Waals surface area contributed by atoms with Crippen LogP contribution in [0.4, 0.5) is 11.4 Å². The minimum atomic E-state index is -0.518. The first-order valence-corrected chi connectivity index (χ1v) is 8.37. The molecule has 0 unspecified atom stereocenters. The Hall–Kier alpha value is -2.63. The van der Waals surface area contributed by atoms with Gasteiger partial charge in [0, 0.05) is 21.8 Å². The number of carbonyl (C=O) groups excluding carboxylic acids is 3. The second-order valence-corrected chi connectivity index (χ2v) is 6.43. The number of hydrogen-bond acceptors (Lipinski definition) is 3. The van der Waals surface area contributed by atoms with Gasteiger partial charge in [0.15, 0.2) is 5.78 Å². The molecule has 0 saturated carbocycles. The molecule has 0 aliphatic heterocycles. The van der Waals surface area contributed by atoms with Gasteiger partial charge in [0.1, 0.15) is 0 Å². The molecule has 0 aliphatic carbocycles. The second-order valence-electron chi connectivity index (χ2n) is 5.59. The number of hydrogen-bond donors (Lipinski definition) is 2. The third-order valence-corrected chi connectivity index (χ3v) is 3.92. The molecule has 0 aliphatic rings. The molecule has 2 aromatic rings. The maximum absolute atomic E-state index is 12.3. The maximum atomic E-state index is 12.3. The lowest BCUT2D eigenvalue weighted by Crippen LogP contribution is -2.17. The Morgan fingerprint density at radius 2 is 1.77 bits per heavy atom. The van der Waals surface area contributed by atoms with Crippen molar-refractivity contribution in [3.05, 3.63) is 70.2 Å². The number of nitrogens with one attached hydrogen (secondary N) is 2. The summed E-state index contributed by atoms with van der Waals surface area (Å²) in [6.45, 7) is 5.13. The molecule has 0 bridgehead atoms. The summed E-state index contributed by atoms with van der Waals surface area (Å²) in [6, 6.07) is 11.0. The molecular formula is C19H16Cl2N2O3. The van der Waals surface area contributed by atoms with Crippen molar-refractivity contribution in [3.8, 4) is 0 Å². The van der Waals surface area contributed by atoms with E-state index < -0.39 is 11.7 Å². The van der Waals surface area contributed by atoms with Crippen molar-refractivity contribution >= 4 is 52.2 Å². The lowest BCUT2D eigenvalue weighted by molar-refractivity contribution is -0.115. The van der Waals surface area contributed by atoms with Crippen LogP contribution >= 0.6 is 23.2 Å². The van der Waals surface area contributed by atoms with Crippen LogP contribution in [-0.2, 0) is 9.59 Å². The predicted octanol–water partition coefficient (Wildman–Crippen LogP) is 4.72. The topological polar surface area (TPSA) is 75.3 Å². The molecule has 0 fully saturated rings. The normalized spacial score (nSPS) is 10.1. The Labute approximate surface area is 161 Å². The van der Waals surface area contributed by atoms with Gasteiger partial charge in [-0.2, -0.15) is 0 Å². The molecule has 26 heavy (non-hydrogen) atoms. The average molecular weight is 391 g/mol. The van der Waals surface area contributed by atoms with Gasteiger partial charge in [-0.15, -0.1) is 0 Å². The van der Waals surface area contributed by atoms with E-state index in [9.17, 15) is 14.4 Å². The van der Waals surface area contributed by atoms with Crippen molar-refractivity contribution < 1.29 is 14.4 Å². The first kappa shape index (κ1) is 19.7. The Kier molecular flexibility index (Phi) is 6.55. The Morgan fingerprint density at radius 1 is 1.04 bits per heavy atom. The lowest BCUT2D eigenvalue weighted by atomic mass is 10.1. The lowest BCUT2D eigenvalue weighted by Gasteiger charge is -2.09. The number of carbonyl (C=O) groups is 3. The highest BCUT2D eigenvalue weighted by Gasteiger charge is 2.14. The van der Waals surface area contributed by atoms with Crippen molar-refractivity contribution in [2.45, 2.75) is 13.3 Å². The minimum absolute atomic E-state index is 0.303. The number of benzene rings is 2. The first-order valence-electron chi connectivity index (χ1n) is 7.61. The molecule has 134 valence electrons. The SMILES string of the molecule is C=C(C)C(=O)Nc1cccc(C(=O)CC(=O)Nc2cc(Cl)ccc2Cl)c1. The number of ketones is 1. The van der Waals surface area contributed by atoms with Crippen LogP contribution in [-0.4, -0.2) is 17.6 Å². The molecule has 0 aromatic heterocycles. The summed E-state index contributed by atoms with van der Waals surface area (Å²) in [7, 11) is 0. The van der Waals surface area contributed by atoms with Crippen molar-refractivity contribution in [3.63, 3.8) is 0 Å². The Bertz CT molecular complexity index is 894. The number of rotatable bonds is 6. The van der Waals surface area contributed by atoms with Crippen molar-refractivity contribution in [1.29, 1.82) is 0 Å². The number of Topliss-reactive ketones (excluding diaryl/α,β-unsaturated/α-hetero) is 1. The van der Waals surface area contributed by atoms with Gasteiger partial charge < -0.3 is 10.6 Å². The standard InChI is InChI=1S/C19H16Cl2N2O3/c1-11(2)19(26)22-14-5-3-4-12(8-14)17(24)10-18(25)23-16-9-13(20)6-7-15(16)21/h3-9H,1,10H2,2H3,(H,22,26)(H,23,25). The molecule has 2 aromatic carbocycles. The summed E-state index contributed by atoms with van der Waals surface area (Å²) in [6.07, 6.45) is -0.374. The van der Waals surface area contributed by atoms with Crippen LogP contribution in [0.5, 0.6) is 0 Å². The molecule has 0 spiro atoms. The van der Waals surface area contributed by atoms with E-state index in [0.717, 1.165) is 0 Å². The molecular weight excluding hydrogens is 375 g/mol. The summed E-state index contributed by atoms with van der Waals surface area (Å²) in [5.41, 5.74) is 1.43. The van der Waals surface area contributed by atoms with Crippen LogP contribution < -0.4 is 10.6 Å². The molecule has 2 N–H and O–H groups in total. The van der Waals surface area contributed by atoms with E-state index in [4.69, 9.17) is 23.2 Å². The highest BCUT2D eigenvalue weighted by molar-refractivity contribution is 6.35. The van der Waals surface area contributed by atoms with E-state index in [-0.39, 0.29) is 12.3 Å². The van der Waals surface area contributed by atoms with Gasteiger partial charge in [0.25, 0.3) is 5.91 Å². The van der Waals surface area contributed by atoms with Crippen LogP contribution in [0.25, 0.3) is 0 Å². The van der Waals surface area contributed by atoms with Gasteiger partial charge in [0.05, 0.1) is 17.1 Å². The van der Waals surface area contributed by atoms with Crippen LogP contribution in [0.2, 0.25) is 10.0 Å². The fourth-order valence-corrected chi connectivity index (χ4v) is 2.38. The van der Waals surface area contributed by atoms with Crippen LogP contribution in [0.3, 0.4) is 0 Å². The Morgan fingerprint density at radius 3 is 2.46 bits per heavy atom. The summed E-state index contributed by atoms with van der Waals surface area (Å²) in [5.74, 6) is -1.26. The van der Waals surface area contributed by atoms with Gasteiger partial charge in [0.2, 0.25) is 5.91 Å². The zero-order chi connectivity index (χ0) is 19.3. The fraction of sp³-hybridized carbons (Fsp3) is 0.105. The number of amides is 2. The number of anilines is 2. The second kappa shape index (κ2) is 8.65. The maximum Gasteiger partial charge on any atom is 0.250 e. The summed E-state index contributed by atoms with van der Waals surface area (Å²) in [5, 5.41) is 5.91. The van der Waals surface area contributed by atoms with Gasteiger partial charge in [-0.3, -0.25) is 14.4 Å². The molecule has 0 saturated heterocycles. The van der Waals surface area contributed by atoms with Gasteiger partial charge in [-0.1, -0.05) is 41.9 Å². The monoisotopic (exact) mass is 390 g/mol.